The van der Waals surface area contributed by atoms with Gasteiger partial charge >= 0.3 is 0 Å². The lowest BCUT2D eigenvalue weighted by molar-refractivity contribution is 1.62. The first-order chi connectivity index (χ1) is 25.8. The molecular weight excluding hydrogens is 625 g/mol. The minimum Gasteiger partial charge on any atom is -0.0616 e. The standard InChI is InChI=1S/C52H32/c1-3-15-39-34(11-1)13-9-21-41(39)36-25-23-33(24-26-36)37-27-29-47-49(31-37)43-17-5-7-19-45(43)52-48-30-28-38(42-22-10-14-35-12-2-4-16-40(35)42)32-50(48)44-18-6-8-20-46(44)51(47)52/h1-32H. The lowest BCUT2D eigenvalue weighted by Crippen LogP contribution is -1.90. The Hall–Kier alpha value is -6.76. The maximum absolute atomic E-state index is 2.42. The van der Waals surface area contributed by atoms with Crippen molar-refractivity contribution in [1.82, 2.24) is 0 Å². The average Bonchev–Trinajstić information content (AvgIpc) is 3.23. The molecule has 0 N–H and O–H groups in total. The molecule has 0 amide bonds. The zero-order chi connectivity index (χ0) is 34.2. The van der Waals surface area contributed by atoms with Crippen LogP contribution in [0.25, 0.3) is 109 Å². The Bertz CT molecular complexity index is 3210. The summed E-state index contributed by atoms with van der Waals surface area (Å²) in [6, 6.07) is 71.8. The van der Waals surface area contributed by atoms with E-state index in [4.69, 9.17) is 0 Å². The third kappa shape index (κ3) is 4.35. The molecule has 0 fully saturated rings. The quantitative estimate of drug-likeness (QED) is 0.166. The van der Waals surface area contributed by atoms with E-state index in [-0.39, 0.29) is 0 Å². The van der Waals surface area contributed by atoms with Crippen molar-refractivity contribution < 1.29 is 0 Å². The van der Waals surface area contributed by atoms with Crippen molar-refractivity contribution in [3.8, 4) is 33.4 Å². The summed E-state index contributed by atoms with van der Waals surface area (Å²) in [7, 11) is 0. The average molecular weight is 657 g/mol. The maximum Gasteiger partial charge on any atom is -0.00139 e. The van der Waals surface area contributed by atoms with Crippen LogP contribution >= 0.6 is 0 Å². The number of fused-ring (bicyclic) bond motifs is 13. The summed E-state index contributed by atoms with van der Waals surface area (Å²) in [5.74, 6) is 0. The van der Waals surface area contributed by atoms with E-state index < -0.39 is 0 Å². The Labute approximate surface area is 301 Å². The van der Waals surface area contributed by atoms with E-state index in [1.807, 2.05) is 0 Å². The van der Waals surface area contributed by atoms with Crippen molar-refractivity contribution in [2.45, 2.75) is 0 Å². The Morgan fingerprint density at radius 3 is 1.12 bits per heavy atom. The summed E-state index contributed by atoms with van der Waals surface area (Å²) >= 11 is 0. The second-order valence-electron chi connectivity index (χ2n) is 14.0. The molecule has 0 aromatic heterocycles. The van der Waals surface area contributed by atoms with Gasteiger partial charge in [0.2, 0.25) is 0 Å². The van der Waals surface area contributed by atoms with E-state index >= 15 is 0 Å². The second kappa shape index (κ2) is 11.4. The highest BCUT2D eigenvalue weighted by atomic mass is 14.2. The molecule has 0 aliphatic rings. The van der Waals surface area contributed by atoms with Gasteiger partial charge in [-0.15, -0.1) is 0 Å². The first-order valence-corrected chi connectivity index (χ1v) is 18.1. The zero-order valence-corrected chi connectivity index (χ0v) is 28.5. The fraction of sp³-hybridized carbons (Fsp3) is 0. The Balaban J connectivity index is 1.14. The molecule has 0 heteroatoms. The van der Waals surface area contributed by atoms with Crippen LogP contribution in [0.3, 0.4) is 0 Å². The highest BCUT2D eigenvalue weighted by Gasteiger charge is 2.17. The number of benzene rings is 11. The number of hydrogen-bond donors (Lipinski definition) is 0. The largest absolute Gasteiger partial charge is 0.0616 e. The molecule has 0 aliphatic carbocycles. The summed E-state index contributed by atoms with van der Waals surface area (Å²) in [5.41, 5.74) is 7.47. The van der Waals surface area contributed by atoms with Crippen molar-refractivity contribution >= 4 is 75.4 Å². The van der Waals surface area contributed by atoms with Gasteiger partial charge in [-0.05, 0) is 121 Å². The van der Waals surface area contributed by atoms with Gasteiger partial charge in [0.1, 0.15) is 0 Å². The van der Waals surface area contributed by atoms with Gasteiger partial charge in [0, 0.05) is 0 Å². The molecule has 0 bridgehead atoms. The van der Waals surface area contributed by atoms with Gasteiger partial charge in [0.15, 0.2) is 0 Å². The topological polar surface area (TPSA) is 0 Å². The van der Waals surface area contributed by atoms with Crippen LogP contribution < -0.4 is 0 Å². The summed E-state index contributed by atoms with van der Waals surface area (Å²) < 4.78 is 0. The molecule has 0 aliphatic heterocycles. The third-order valence-electron chi connectivity index (χ3n) is 11.2. The van der Waals surface area contributed by atoms with Crippen LogP contribution in [-0.4, -0.2) is 0 Å². The fourth-order valence-electron chi connectivity index (χ4n) is 8.81. The van der Waals surface area contributed by atoms with Gasteiger partial charge in [-0.2, -0.15) is 0 Å². The smallest absolute Gasteiger partial charge is 0.00139 e. The molecule has 0 radical (unpaired) electrons. The Morgan fingerprint density at radius 2 is 0.558 bits per heavy atom. The fourth-order valence-corrected chi connectivity index (χ4v) is 8.81. The summed E-state index contributed by atoms with van der Waals surface area (Å²) in [6.45, 7) is 0. The van der Waals surface area contributed by atoms with Crippen LogP contribution in [0, 0.1) is 0 Å². The van der Waals surface area contributed by atoms with Crippen molar-refractivity contribution in [2.75, 3.05) is 0 Å². The van der Waals surface area contributed by atoms with E-state index in [1.54, 1.807) is 0 Å². The SMILES string of the molecule is c1ccc2c(-c3ccc(-c4ccc5c(c4)c4ccccc4c4c6ccc(-c7cccc8ccccc78)cc6c6ccccc6c54)cc3)cccc2c1. The van der Waals surface area contributed by atoms with Gasteiger partial charge in [-0.3, -0.25) is 0 Å². The zero-order valence-electron chi connectivity index (χ0n) is 28.5. The van der Waals surface area contributed by atoms with Crippen LogP contribution in [0.15, 0.2) is 194 Å². The molecule has 240 valence electrons. The highest BCUT2D eigenvalue weighted by Crippen LogP contribution is 2.46. The van der Waals surface area contributed by atoms with Gasteiger partial charge in [-0.25, -0.2) is 0 Å². The van der Waals surface area contributed by atoms with Crippen LogP contribution in [0.5, 0.6) is 0 Å². The molecule has 52 heavy (non-hydrogen) atoms. The number of rotatable bonds is 3. The molecule has 0 nitrogen and oxygen atoms in total. The third-order valence-corrected chi connectivity index (χ3v) is 11.2. The second-order valence-corrected chi connectivity index (χ2v) is 14.0. The van der Waals surface area contributed by atoms with Gasteiger partial charge in [0.05, 0.1) is 0 Å². The minimum absolute atomic E-state index is 1.22. The Morgan fingerprint density at radius 1 is 0.192 bits per heavy atom. The van der Waals surface area contributed by atoms with E-state index in [0.29, 0.717) is 0 Å². The molecular formula is C52H32. The van der Waals surface area contributed by atoms with Crippen molar-refractivity contribution in [3.63, 3.8) is 0 Å². The van der Waals surface area contributed by atoms with Gasteiger partial charge in [-0.1, -0.05) is 182 Å². The van der Waals surface area contributed by atoms with Crippen molar-refractivity contribution in [2.24, 2.45) is 0 Å². The molecule has 0 saturated heterocycles. The molecule has 11 aromatic carbocycles. The first-order valence-electron chi connectivity index (χ1n) is 18.1. The Kier molecular flexibility index (Phi) is 6.35. The van der Waals surface area contributed by atoms with E-state index in [9.17, 15) is 0 Å². The predicted octanol–water partition coefficient (Wildman–Crippen LogP) is 14.8. The van der Waals surface area contributed by atoms with Crippen LogP contribution in [0.4, 0.5) is 0 Å². The lowest BCUT2D eigenvalue weighted by atomic mass is 9.85. The molecule has 0 atom stereocenters. The monoisotopic (exact) mass is 656 g/mol. The van der Waals surface area contributed by atoms with Gasteiger partial charge in [0.25, 0.3) is 0 Å². The van der Waals surface area contributed by atoms with Crippen molar-refractivity contribution in [3.05, 3.63) is 194 Å². The maximum atomic E-state index is 2.42. The van der Waals surface area contributed by atoms with Crippen molar-refractivity contribution in [1.29, 1.82) is 0 Å². The number of hydrogen-bond acceptors (Lipinski definition) is 0. The van der Waals surface area contributed by atoms with E-state index in [2.05, 4.69) is 194 Å². The molecule has 11 rings (SSSR count). The first kappa shape index (κ1) is 29.0. The van der Waals surface area contributed by atoms with Gasteiger partial charge < -0.3 is 0 Å². The summed E-state index contributed by atoms with van der Waals surface area (Å²) in [5, 5.41) is 18.1. The normalized spacial score (nSPS) is 11.8. The summed E-state index contributed by atoms with van der Waals surface area (Å²) in [6.07, 6.45) is 0. The minimum atomic E-state index is 1.22. The summed E-state index contributed by atoms with van der Waals surface area (Å²) in [4.78, 5) is 0. The van der Waals surface area contributed by atoms with E-state index in [0.717, 1.165) is 0 Å². The highest BCUT2D eigenvalue weighted by molar-refractivity contribution is 6.39. The molecule has 0 saturated carbocycles. The van der Waals surface area contributed by atoms with E-state index in [1.165, 1.54) is 109 Å². The molecule has 0 spiro atoms. The van der Waals surface area contributed by atoms with Crippen LogP contribution in [0.2, 0.25) is 0 Å². The predicted molar refractivity (Wildman–Crippen MR) is 225 cm³/mol. The molecule has 11 aromatic rings. The van der Waals surface area contributed by atoms with Crippen LogP contribution in [0.1, 0.15) is 0 Å². The lowest BCUT2D eigenvalue weighted by Gasteiger charge is -2.18. The molecule has 0 unspecified atom stereocenters. The molecule has 0 heterocycles. The van der Waals surface area contributed by atoms with Crippen LogP contribution in [-0.2, 0) is 0 Å².